The van der Waals surface area contributed by atoms with Crippen LogP contribution in [0, 0.1) is 0 Å². The maximum Gasteiger partial charge on any atom is 0.317 e. The number of nitrogens with zero attached hydrogens (tertiary/aromatic N) is 3. The first-order chi connectivity index (χ1) is 14.2. The van der Waals surface area contributed by atoms with Gasteiger partial charge in [-0.25, -0.2) is 9.78 Å². The topological polar surface area (TPSA) is 68.6 Å². The second kappa shape index (κ2) is 8.86. The number of carbonyl (C=O) groups is 1. The van der Waals surface area contributed by atoms with E-state index in [1.165, 1.54) is 0 Å². The van der Waals surface area contributed by atoms with E-state index < -0.39 is 0 Å². The Balaban J connectivity index is 1.24. The SMILES string of the molecule is CCN(CC1COc2ccccc2O1)C(=O)NCCCn1cnc2ccccc21. The summed E-state index contributed by atoms with van der Waals surface area (Å²) in [7, 11) is 0. The van der Waals surface area contributed by atoms with Gasteiger partial charge in [-0.15, -0.1) is 0 Å². The smallest absolute Gasteiger partial charge is 0.317 e. The number of urea groups is 1. The summed E-state index contributed by atoms with van der Waals surface area (Å²) in [6.45, 7) is 4.92. The van der Waals surface area contributed by atoms with Crippen molar-refractivity contribution in [3.63, 3.8) is 0 Å². The second-order valence-corrected chi connectivity index (χ2v) is 7.05. The molecule has 4 rings (SSSR count). The number of fused-ring (bicyclic) bond motifs is 2. The number of imidazole rings is 1. The van der Waals surface area contributed by atoms with Crippen molar-refractivity contribution >= 4 is 17.1 Å². The number of rotatable bonds is 7. The minimum atomic E-state index is -0.173. The minimum absolute atomic E-state index is 0.0783. The van der Waals surface area contributed by atoms with Gasteiger partial charge in [0.2, 0.25) is 0 Å². The van der Waals surface area contributed by atoms with Crippen LogP contribution >= 0.6 is 0 Å². The normalized spacial score (nSPS) is 15.3. The molecule has 0 saturated heterocycles. The van der Waals surface area contributed by atoms with Crippen LogP contribution in [0.3, 0.4) is 0 Å². The van der Waals surface area contributed by atoms with Gasteiger partial charge in [-0.2, -0.15) is 0 Å². The molecule has 29 heavy (non-hydrogen) atoms. The van der Waals surface area contributed by atoms with Gasteiger partial charge < -0.3 is 24.3 Å². The summed E-state index contributed by atoms with van der Waals surface area (Å²) in [4.78, 5) is 18.7. The van der Waals surface area contributed by atoms with Crippen LogP contribution < -0.4 is 14.8 Å². The molecule has 2 heterocycles. The lowest BCUT2D eigenvalue weighted by atomic mass is 10.2. The highest BCUT2D eigenvalue weighted by Crippen LogP contribution is 2.31. The van der Waals surface area contributed by atoms with Crippen molar-refractivity contribution in [2.75, 3.05) is 26.2 Å². The standard InChI is InChI=1S/C22H26N4O3/c1-2-25(14-17-15-28-20-10-5-6-11-21(20)29-17)22(27)23-12-7-13-26-16-24-18-8-3-4-9-19(18)26/h3-6,8-11,16-17H,2,7,12-15H2,1H3,(H,23,27). The summed E-state index contributed by atoms with van der Waals surface area (Å²) in [5.74, 6) is 1.48. The summed E-state index contributed by atoms with van der Waals surface area (Å²) >= 11 is 0. The average Bonchev–Trinajstić information content (AvgIpc) is 3.18. The predicted octanol–water partition coefficient (Wildman–Crippen LogP) is 3.30. The summed E-state index contributed by atoms with van der Waals surface area (Å²) in [6.07, 6.45) is 2.51. The number of hydrogen-bond donors (Lipinski definition) is 1. The molecule has 2 amide bonds. The fourth-order valence-electron chi connectivity index (χ4n) is 3.50. The first-order valence-corrected chi connectivity index (χ1v) is 10.1. The van der Waals surface area contributed by atoms with Crippen LogP contribution in [-0.4, -0.2) is 52.8 Å². The number of likely N-dealkylation sites (N-methyl/N-ethyl adjacent to an activating group) is 1. The van der Waals surface area contributed by atoms with Gasteiger partial charge in [0.1, 0.15) is 6.61 Å². The summed E-state index contributed by atoms with van der Waals surface area (Å²) in [5.41, 5.74) is 2.11. The molecule has 152 valence electrons. The summed E-state index contributed by atoms with van der Waals surface area (Å²) in [5, 5.41) is 3.01. The van der Waals surface area contributed by atoms with Crippen LogP contribution in [0.2, 0.25) is 0 Å². The molecule has 0 radical (unpaired) electrons. The third kappa shape index (κ3) is 4.45. The number of aromatic nitrogens is 2. The van der Waals surface area contributed by atoms with Crippen LogP contribution in [-0.2, 0) is 6.54 Å². The van der Waals surface area contributed by atoms with E-state index in [9.17, 15) is 4.79 Å². The summed E-state index contributed by atoms with van der Waals surface area (Å²) < 4.78 is 13.8. The molecular formula is C22H26N4O3. The molecule has 1 atom stereocenters. The lowest BCUT2D eigenvalue weighted by molar-refractivity contribution is 0.0675. The lowest BCUT2D eigenvalue weighted by Gasteiger charge is -2.31. The number of amides is 2. The third-order valence-corrected chi connectivity index (χ3v) is 5.04. The maximum atomic E-state index is 12.6. The van der Waals surface area contributed by atoms with Crippen LogP contribution in [0.5, 0.6) is 11.5 Å². The molecule has 1 aromatic heterocycles. The zero-order valence-corrected chi connectivity index (χ0v) is 16.6. The number of benzene rings is 2. The molecular weight excluding hydrogens is 368 g/mol. The molecule has 2 aromatic carbocycles. The number of para-hydroxylation sites is 4. The Morgan fingerprint density at radius 1 is 1.21 bits per heavy atom. The van der Waals surface area contributed by atoms with Gasteiger partial charge in [0, 0.05) is 19.6 Å². The van der Waals surface area contributed by atoms with Gasteiger partial charge in [0.05, 0.1) is 23.9 Å². The van der Waals surface area contributed by atoms with Crippen LogP contribution in [0.1, 0.15) is 13.3 Å². The van der Waals surface area contributed by atoms with E-state index in [4.69, 9.17) is 9.47 Å². The summed E-state index contributed by atoms with van der Waals surface area (Å²) in [6, 6.07) is 15.6. The first-order valence-electron chi connectivity index (χ1n) is 10.1. The number of aryl methyl sites for hydroxylation is 1. The minimum Gasteiger partial charge on any atom is -0.486 e. The van der Waals surface area contributed by atoms with Gasteiger partial charge >= 0.3 is 6.03 Å². The molecule has 1 aliphatic rings. The molecule has 0 saturated carbocycles. The zero-order chi connectivity index (χ0) is 20.1. The number of ether oxygens (including phenoxy) is 2. The van der Waals surface area contributed by atoms with Crippen LogP contribution in [0.4, 0.5) is 4.79 Å². The fraction of sp³-hybridized carbons (Fsp3) is 0.364. The molecule has 1 N–H and O–H groups in total. The predicted molar refractivity (Wildman–Crippen MR) is 111 cm³/mol. The van der Waals surface area contributed by atoms with Gasteiger partial charge in [0.25, 0.3) is 0 Å². The van der Waals surface area contributed by atoms with Crippen molar-refractivity contribution < 1.29 is 14.3 Å². The van der Waals surface area contributed by atoms with Gasteiger partial charge in [-0.1, -0.05) is 24.3 Å². The molecule has 7 heteroatoms. The van der Waals surface area contributed by atoms with Crippen molar-refractivity contribution in [2.45, 2.75) is 26.0 Å². The highest BCUT2D eigenvalue weighted by Gasteiger charge is 2.24. The van der Waals surface area contributed by atoms with Crippen molar-refractivity contribution in [2.24, 2.45) is 0 Å². The highest BCUT2D eigenvalue weighted by molar-refractivity contribution is 5.75. The van der Waals surface area contributed by atoms with Gasteiger partial charge in [-0.05, 0) is 37.6 Å². The Kier molecular flexibility index (Phi) is 5.84. The zero-order valence-electron chi connectivity index (χ0n) is 16.6. The van der Waals surface area contributed by atoms with Crippen molar-refractivity contribution in [3.05, 3.63) is 54.9 Å². The first kappa shape index (κ1) is 19.1. The number of nitrogens with one attached hydrogen (secondary N) is 1. The van der Waals surface area contributed by atoms with Gasteiger partial charge in [-0.3, -0.25) is 0 Å². The van der Waals surface area contributed by atoms with E-state index in [0.29, 0.717) is 26.2 Å². The van der Waals surface area contributed by atoms with E-state index in [-0.39, 0.29) is 12.1 Å². The quantitative estimate of drug-likeness (QED) is 0.625. The lowest BCUT2D eigenvalue weighted by Crippen LogP contribution is -2.47. The van der Waals surface area contributed by atoms with E-state index in [1.807, 2.05) is 55.7 Å². The average molecular weight is 394 g/mol. The Morgan fingerprint density at radius 3 is 2.86 bits per heavy atom. The van der Waals surface area contributed by atoms with Crippen LogP contribution in [0.15, 0.2) is 54.9 Å². The fourth-order valence-corrected chi connectivity index (χ4v) is 3.50. The monoisotopic (exact) mass is 394 g/mol. The molecule has 0 spiro atoms. The van der Waals surface area contributed by atoms with Crippen LogP contribution in [0.25, 0.3) is 11.0 Å². The Morgan fingerprint density at radius 2 is 2.00 bits per heavy atom. The van der Waals surface area contributed by atoms with E-state index >= 15 is 0 Å². The van der Waals surface area contributed by atoms with Gasteiger partial charge in [0.15, 0.2) is 17.6 Å². The molecule has 7 nitrogen and oxygen atoms in total. The Bertz CT molecular complexity index is 971. The Hall–Kier alpha value is -3.22. The molecule has 0 aliphatic carbocycles. The maximum absolute atomic E-state index is 12.6. The highest BCUT2D eigenvalue weighted by atomic mass is 16.6. The third-order valence-electron chi connectivity index (χ3n) is 5.04. The molecule has 3 aromatic rings. The number of carbonyl (C=O) groups excluding carboxylic acids is 1. The van der Waals surface area contributed by atoms with Crippen molar-refractivity contribution in [1.82, 2.24) is 19.8 Å². The van der Waals surface area contributed by atoms with E-state index in [1.54, 1.807) is 4.90 Å². The largest absolute Gasteiger partial charge is 0.486 e. The van der Waals surface area contributed by atoms with Crippen molar-refractivity contribution in [1.29, 1.82) is 0 Å². The van der Waals surface area contributed by atoms with Crippen molar-refractivity contribution in [3.8, 4) is 11.5 Å². The molecule has 0 bridgehead atoms. The Labute approximate surface area is 170 Å². The van der Waals surface area contributed by atoms with E-state index in [2.05, 4.69) is 20.9 Å². The second-order valence-electron chi connectivity index (χ2n) is 7.05. The molecule has 0 fully saturated rings. The molecule has 1 unspecified atom stereocenters. The van der Waals surface area contributed by atoms with E-state index in [0.717, 1.165) is 35.5 Å². The number of hydrogen-bond acceptors (Lipinski definition) is 4. The molecule has 1 aliphatic heterocycles.